The average molecular weight is 349 g/mol. The molecule has 5 nitrogen and oxygen atoms in total. The normalized spacial score (nSPS) is 18.6. The van der Waals surface area contributed by atoms with Gasteiger partial charge < -0.3 is 14.8 Å². The van der Waals surface area contributed by atoms with E-state index in [0.29, 0.717) is 6.61 Å². The fraction of sp³-hybridized carbons (Fsp3) is 0.286. The summed E-state index contributed by atoms with van der Waals surface area (Å²) >= 11 is 0. The molecule has 2 heterocycles. The van der Waals surface area contributed by atoms with Crippen LogP contribution in [0.2, 0.25) is 0 Å². The van der Waals surface area contributed by atoms with E-state index in [2.05, 4.69) is 48.5 Å². The number of nitrogens with one attached hydrogen (secondary N) is 1. The second-order valence-electron chi connectivity index (χ2n) is 6.70. The molecule has 1 aliphatic rings. The van der Waals surface area contributed by atoms with Crippen LogP contribution in [-0.4, -0.2) is 16.0 Å². The van der Waals surface area contributed by atoms with Crippen molar-refractivity contribution in [1.29, 1.82) is 0 Å². The van der Waals surface area contributed by atoms with Gasteiger partial charge in [-0.05, 0) is 48.7 Å². The fourth-order valence-corrected chi connectivity index (χ4v) is 3.12. The number of para-hydroxylation sites is 1. The van der Waals surface area contributed by atoms with Crippen LogP contribution in [0.25, 0.3) is 0 Å². The smallest absolute Gasteiger partial charge is 0.161 e. The van der Waals surface area contributed by atoms with Gasteiger partial charge in [0, 0.05) is 18.9 Å². The number of epoxide rings is 1. The maximum atomic E-state index is 5.94. The Kier molecular flexibility index (Phi) is 4.39. The zero-order valence-electron chi connectivity index (χ0n) is 15.3. The van der Waals surface area contributed by atoms with E-state index in [-0.39, 0.29) is 12.3 Å². The topological polar surface area (TPSA) is 51.6 Å². The van der Waals surface area contributed by atoms with Crippen molar-refractivity contribution in [3.05, 3.63) is 77.1 Å². The third-order valence-electron chi connectivity index (χ3n) is 4.72. The lowest BCUT2D eigenvalue weighted by Crippen LogP contribution is -2.08. The quantitative estimate of drug-likeness (QED) is 0.680. The van der Waals surface area contributed by atoms with Gasteiger partial charge >= 0.3 is 0 Å². The Balaban J connectivity index is 1.38. The lowest BCUT2D eigenvalue weighted by molar-refractivity contribution is 0.304. The molecule has 2 atom stereocenters. The number of ether oxygens (including phenoxy) is 2. The maximum Gasteiger partial charge on any atom is 0.161 e. The van der Waals surface area contributed by atoms with Gasteiger partial charge in [-0.1, -0.05) is 30.3 Å². The first-order valence-corrected chi connectivity index (χ1v) is 8.79. The summed E-state index contributed by atoms with van der Waals surface area (Å²) in [6.45, 7) is 4.71. The molecule has 0 spiro atoms. The lowest BCUT2D eigenvalue weighted by atomic mass is 10.1. The Morgan fingerprint density at radius 2 is 1.96 bits per heavy atom. The zero-order valence-corrected chi connectivity index (χ0v) is 15.3. The summed E-state index contributed by atoms with van der Waals surface area (Å²) in [7, 11) is 1.93. The molecule has 1 aliphatic heterocycles. The Labute approximate surface area is 153 Å². The monoisotopic (exact) mass is 349 g/mol. The van der Waals surface area contributed by atoms with Crippen molar-refractivity contribution < 1.29 is 9.47 Å². The number of anilines is 1. The second kappa shape index (κ2) is 6.84. The first-order chi connectivity index (χ1) is 12.6. The zero-order chi connectivity index (χ0) is 18.1. The third kappa shape index (κ3) is 3.44. The van der Waals surface area contributed by atoms with E-state index in [4.69, 9.17) is 9.47 Å². The van der Waals surface area contributed by atoms with E-state index < -0.39 is 0 Å². The largest absolute Gasteiger partial charge is 0.489 e. The Hall–Kier alpha value is -2.79. The summed E-state index contributed by atoms with van der Waals surface area (Å²) < 4.78 is 13.5. The lowest BCUT2D eigenvalue weighted by Gasteiger charge is -2.12. The van der Waals surface area contributed by atoms with Crippen molar-refractivity contribution in [3.63, 3.8) is 0 Å². The summed E-state index contributed by atoms with van der Waals surface area (Å²) in [6.07, 6.45) is 1.85. The van der Waals surface area contributed by atoms with E-state index in [1.165, 1.54) is 5.56 Å². The van der Waals surface area contributed by atoms with Crippen LogP contribution >= 0.6 is 0 Å². The minimum atomic E-state index is -0.00170. The molecule has 26 heavy (non-hydrogen) atoms. The summed E-state index contributed by atoms with van der Waals surface area (Å²) in [5.74, 6) is 0.928. The van der Waals surface area contributed by atoms with Crippen molar-refractivity contribution in [2.45, 2.75) is 32.8 Å². The number of benzene rings is 2. The fourth-order valence-electron chi connectivity index (χ4n) is 3.12. The summed E-state index contributed by atoms with van der Waals surface area (Å²) in [6, 6.07) is 16.4. The molecule has 1 saturated heterocycles. The van der Waals surface area contributed by atoms with Crippen molar-refractivity contribution in [3.8, 4) is 5.75 Å². The third-order valence-corrected chi connectivity index (χ3v) is 4.72. The van der Waals surface area contributed by atoms with Gasteiger partial charge in [-0.3, -0.25) is 4.68 Å². The van der Waals surface area contributed by atoms with Crippen molar-refractivity contribution in [1.82, 2.24) is 9.78 Å². The standard InChI is InChI=1S/C21H23N3O2/c1-14-6-4-5-7-19(14)25-13-16-8-9-17(15(2)12-16)23-21-20(26-21)18-10-11-22-24(18)3/h4-12,20-21,23H,13H2,1-3H3. The van der Waals surface area contributed by atoms with Crippen molar-refractivity contribution in [2.24, 2.45) is 7.05 Å². The number of hydrogen-bond acceptors (Lipinski definition) is 4. The predicted octanol–water partition coefficient (Wildman–Crippen LogP) is 4.13. The molecule has 2 aromatic carbocycles. The Morgan fingerprint density at radius 1 is 1.12 bits per heavy atom. The Morgan fingerprint density at radius 3 is 2.69 bits per heavy atom. The van der Waals surface area contributed by atoms with Crippen LogP contribution in [0.15, 0.2) is 54.7 Å². The van der Waals surface area contributed by atoms with Crippen LogP contribution < -0.4 is 10.1 Å². The summed E-state index contributed by atoms with van der Waals surface area (Å²) in [5, 5.41) is 7.65. The highest BCUT2D eigenvalue weighted by molar-refractivity contribution is 5.53. The first kappa shape index (κ1) is 16.7. The summed E-state index contributed by atoms with van der Waals surface area (Å²) in [5.41, 5.74) is 5.64. The SMILES string of the molecule is Cc1cc(COc2ccccc2C)ccc1NC1OC1c1ccnn1C. The van der Waals surface area contributed by atoms with Crippen molar-refractivity contribution in [2.75, 3.05) is 5.32 Å². The van der Waals surface area contributed by atoms with E-state index >= 15 is 0 Å². The molecular weight excluding hydrogens is 326 g/mol. The average Bonchev–Trinajstić information content (AvgIpc) is 3.26. The van der Waals surface area contributed by atoms with E-state index in [1.54, 1.807) is 6.20 Å². The molecule has 0 radical (unpaired) electrons. The highest BCUT2D eigenvalue weighted by Crippen LogP contribution is 2.39. The summed E-state index contributed by atoms with van der Waals surface area (Å²) in [4.78, 5) is 0. The highest BCUT2D eigenvalue weighted by Gasteiger charge is 2.42. The van der Waals surface area contributed by atoms with Crippen LogP contribution in [-0.2, 0) is 18.4 Å². The molecule has 3 aromatic rings. The van der Waals surface area contributed by atoms with E-state index in [1.807, 2.05) is 36.0 Å². The molecule has 2 unspecified atom stereocenters. The van der Waals surface area contributed by atoms with E-state index in [0.717, 1.165) is 28.3 Å². The molecule has 0 aliphatic carbocycles. The van der Waals surface area contributed by atoms with Crippen LogP contribution in [0, 0.1) is 13.8 Å². The maximum absolute atomic E-state index is 5.94. The van der Waals surface area contributed by atoms with Gasteiger partial charge in [0.2, 0.25) is 0 Å². The molecular formula is C21H23N3O2. The number of rotatable bonds is 6. The van der Waals surface area contributed by atoms with Gasteiger partial charge in [-0.15, -0.1) is 0 Å². The molecule has 1 aromatic heterocycles. The van der Waals surface area contributed by atoms with Gasteiger partial charge in [0.1, 0.15) is 18.5 Å². The van der Waals surface area contributed by atoms with Gasteiger partial charge in [-0.25, -0.2) is 0 Å². The molecule has 5 heteroatoms. The molecule has 0 saturated carbocycles. The van der Waals surface area contributed by atoms with Crippen molar-refractivity contribution >= 4 is 5.69 Å². The van der Waals surface area contributed by atoms with Crippen LogP contribution in [0.1, 0.15) is 28.5 Å². The molecule has 0 bridgehead atoms. The van der Waals surface area contributed by atoms with Gasteiger partial charge in [0.25, 0.3) is 0 Å². The minimum Gasteiger partial charge on any atom is -0.489 e. The van der Waals surface area contributed by atoms with Crippen LogP contribution in [0.5, 0.6) is 5.75 Å². The van der Waals surface area contributed by atoms with E-state index in [9.17, 15) is 0 Å². The predicted molar refractivity (Wildman–Crippen MR) is 101 cm³/mol. The van der Waals surface area contributed by atoms with Gasteiger partial charge in [0.05, 0.1) is 5.69 Å². The molecule has 1 fully saturated rings. The highest BCUT2D eigenvalue weighted by atomic mass is 16.6. The van der Waals surface area contributed by atoms with Gasteiger partial charge in [-0.2, -0.15) is 5.10 Å². The molecule has 0 amide bonds. The molecule has 1 N–H and O–H groups in total. The number of nitrogens with zero attached hydrogens (tertiary/aromatic N) is 2. The molecule has 134 valence electrons. The number of aryl methyl sites for hydroxylation is 3. The second-order valence-corrected chi connectivity index (χ2v) is 6.70. The van der Waals surface area contributed by atoms with Crippen LogP contribution in [0.3, 0.4) is 0 Å². The van der Waals surface area contributed by atoms with Gasteiger partial charge in [0.15, 0.2) is 6.23 Å². The number of aromatic nitrogens is 2. The number of hydrogen-bond donors (Lipinski definition) is 1. The van der Waals surface area contributed by atoms with Crippen LogP contribution in [0.4, 0.5) is 5.69 Å². The minimum absolute atomic E-state index is 0.00170. The Bertz CT molecular complexity index is 919. The molecule has 4 rings (SSSR count). The first-order valence-electron chi connectivity index (χ1n) is 8.79.